The van der Waals surface area contributed by atoms with Gasteiger partial charge in [0.05, 0.1) is 22.8 Å². The number of halogens is 1. The first kappa shape index (κ1) is 21.8. The number of nitrogens with one attached hydrogen (secondary N) is 1. The van der Waals surface area contributed by atoms with Crippen molar-refractivity contribution in [1.82, 2.24) is 19.3 Å². The third kappa shape index (κ3) is 4.03. The molecule has 0 aliphatic heterocycles. The van der Waals surface area contributed by atoms with Gasteiger partial charge in [-0.25, -0.2) is 4.98 Å². The Kier molecular flexibility index (Phi) is 5.84. The van der Waals surface area contributed by atoms with Crippen molar-refractivity contribution in [2.75, 3.05) is 5.32 Å². The summed E-state index contributed by atoms with van der Waals surface area (Å²) in [6.07, 6.45) is 0. The zero-order valence-electron chi connectivity index (χ0n) is 18.0. The number of benzene rings is 2. The molecule has 2 aromatic heterocycles. The average molecular weight is 495 g/mol. The Hall–Kier alpha value is -3.46. The van der Waals surface area contributed by atoms with E-state index in [-0.39, 0.29) is 11.9 Å². The van der Waals surface area contributed by atoms with Crippen LogP contribution >= 0.6 is 15.9 Å². The van der Waals surface area contributed by atoms with Crippen LogP contribution in [-0.2, 0) is 6.54 Å². The third-order valence-electron chi connectivity index (χ3n) is 5.37. The summed E-state index contributed by atoms with van der Waals surface area (Å²) in [5.41, 5.74) is 9.41. The molecule has 2 aromatic carbocycles. The van der Waals surface area contributed by atoms with E-state index in [0.29, 0.717) is 29.3 Å². The standard InChI is InChI=1S/C23H23BrN6O2/c1-4-29-20(11-13(2)28-29)22(32)27-23-26-18-12-16(21(25)31)7-10-19(18)30(23)14(3)15-5-8-17(24)9-6-15/h5-12,14H,4H2,1-3H3,(H2,25,31)(H,26,27,32). The Morgan fingerprint density at radius 1 is 1.16 bits per heavy atom. The van der Waals surface area contributed by atoms with Gasteiger partial charge in [-0.05, 0) is 62.7 Å². The van der Waals surface area contributed by atoms with Gasteiger partial charge in [0, 0.05) is 16.6 Å². The number of aryl methyl sites for hydroxylation is 2. The minimum absolute atomic E-state index is 0.138. The summed E-state index contributed by atoms with van der Waals surface area (Å²) >= 11 is 3.47. The number of rotatable bonds is 6. The van der Waals surface area contributed by atoms with Gasteiger partial charge in [0.2, 0.25) is 11.9 Å². The van der Waals surface area contributed by atoms with Crippen molar-refractivity contribution in [3.05, 3.63) is 75.5 Å². The fraction of sp³-hybridized carbons (Fsp3) is 0.217. The van der Waals surface area contributed by atoms with Gasteiger partial charge >= 0.3 is 0 Å². The van der Waals surface area contributed by atoms with Gasteiger partial charge in [0.15, 0.2) is 0 Å². The summed E-state index contributed by atoms with van der Waals surface area (Å²) in [4.78, 5) is 29.4. The van der Waals surface area contributed by atoms with Crippen molar-refractivity contribution in [3.63, 3.8) is 0 Å². The molecule has 0 saturated heterocycles. The van der Waals surface area contributed by atoms with E-state index >= 15 is 0 Å². The summed E-state index contributed by atoms with van der Waals surface area (Å²) in [6.45, 7) is 6.38. The summed E-state index contributed by atoms with van der Waals surface area (Å²) < 4.78 is 4.58. The van der Waals surface area contributed by atoms with Gasteiger partial charge in [-0.15, -0.1) is 0 Å². The Bertz CT molecular complexity index is 1320. The lowest BCUT2D eigenvalue weighted by atomic mass is 10.1. The van der Waals surface area contributed by atoms with E-state index in [1.54, 1.807) is 28.9 Å². The number of hydrogen-bond acceptors (Lipinski definition) is 4. The first-order valence-corrected chi connectivity index (χ1v) is 11.0. The maximum absolute atomic E-state index is 13.1. The molecule has 0 aliphatic carbocycles. The molecule has 3 N–H and O–H groups in total. The van der Waals surface area contributed by atoms with Gasteiger partial charge < -0.3 is 10.3 Å². The summed E-state index contributed by atoms with van der Waals surface area (Å²) in [5, 5.41) is 7.29. The Balaban J connectivity index is 1.82. The van der Waals surface area contributed by atoms with Crippen LogP contribution < -0.4 is 11.1 Å². The van der Waals surface area contributed by atoms with E-state index in [1.165, 1.54) is 0 Å². The molecular weight excluding hydrogens is 472 g/mol. The first-order valence-electron chi connectivity index (χ1n) is 10.2. The Labute approximate surface area is 193 Å². The smallest absolute Gasteiger partial charge is 0.276 e. The predicted octanol–water partition coefficient (Wildman–Crippen LogP) is 4.28. The van der Waals surface area contributed by atoms with E-state index in [9.17, 15) is 9.59 Å². The van der Waals surface area contributed by atoms with Crippen LogP contribution in [0.2, 0.25) is 0 Å². The van der Waals surface area contributed by atoms with Crippen LogP contribution in [0.25, 0.3) is 11.0 Å². The number of fused-ring (bicyclic) bond motifs is 1. The average Bonchev–Trinajstić information content (AvgIpc) is 3.32. The van der Waals surface area contributed by atoms with Crippen LogP contribution in [0.4, 0.5) is 5.95 Å². The molecule has 0 radical (unpaired) electrons. The van der Waals surface area contributed by atoms with Crippen molar-refractivity contribution in [3.8, 4) is 0 Å². The molecule has 9 heteroatoms. The maximum Gasteiger partial charge on any atom is 0.276 e. The van der Waals surface area contributed by atoms with Gasteiger partial charge in [0.25, 0.3) is 5.91 Å². The van der Waals surface area contributed by atoms with Crippen LogP contribution in [0.5, 0.6) is 0 Å². The highest BCUT2D eigenvalue weighted by Crippen LogP contribution is 2.30. The highest BCUT2D eigenvalue weighted by Gasteiger charge is 2.22. The zero-order chi connectivity index (χ0) is 23.0. The minimum Gasteiger partial charge on any atom is -0.366 e. The van der Waals surface area contributed by atoms with Crippen molar-refractivity contribution in [1.29, 1.82) is 0 Å². The SMILES string of the molecule is CCn1nc(C)cc1C(=O)Nc1nc2cc(C(N)=O)ccc2n1C(C)c1ccc(Br)cc1. The van der Waals surface area contributed by atoms with Crippen molar-refractivity contribution < 1.29 is 9.59 Å². The predicted molar refractivity (Wildman–Crippen MR) is 127 cm³/mol. The number of imidazole rings is 1. The third-order valence-corrected chi connectivity index (χ3v) is 5.90. The van der Waals surface area contributed by atoms with E-state index in [4.69, 9.17) is 5.73 Å². The van der Waals surface area contributed by atoms with Crippen molar-refractivity contribution in [2.24, 2.45) is 5.73 Å². The number of amides is 2. The molecule has 0 bridgehead atoms. The van der Waals surface area contributed by atoms with Crippen LogP contribution in [0.3, 0.4) is 0 Å². The lowest BCUT2D eigenvalue weighted by molar-refractivity contribution is 0.0996. The second-order valence-corrected chi connectivity index (χ2v) is 8.46. The molecular formula is C23H23BrN6O2. The van der Waals surface area contributed by atoms with Gasteiger partial charge in [0.1, 0.15) is 5.69 Å². The Morgan fingerprint density at radius 3 is 2.53 bits per heavy atom. The molecule has 0 fully saturated rings. The number of nitrogens with two attached hydrogens (primary N) is 1. The molecule has 8 nitrogen and oxygen atoms in total. The lowest BCUT2D eigenvalue weighted by Gasteiger charge is -2.18. The second kappa shape index (κ2) is 8.58. The quantitative estimate of drug-likeness (QED) is 0.416. The monoisotopic (exact) mass is 494 g/mol. The van der Waals surface area contributed by atoms with E-state index in [2.05, 4.69) is 31.3 Å². The molecule has 0 aliphatic rings. The first-order chi connectivity index (χ1) is 15.3. The van der Waals surface area contributed by atoms with Crippen molar-refractivity contribution >= 4 is 44.7 Å². The van der Waals surface area contributed by atoms with E-state index in [0.717, 1.165) is 21.2 Å². The molecule has 0 spiro atoms. The van der Waals surface area contributed by atoms with Crippen molar-refractivity contribution in [2.45, 2.75) is 33.4 Å². The topological polar surface area (TPSA) is 108 Å². The van der Waals surface area contributed by atoms with Crippen LogP contribution in [0.15, 0.2) is 53.0 Å². The summed E-state index contributed by atoms with van der Waals surface area (Å²) in [6, 6.07) is 14.7. The molecule has 164 valence electrons. The zero-order valence-corrected chi connectivity index (χ0v) is 19.5. The minimum atomic E-state index is -0.532. The number of primary amides is 1. The molecule has 4 aromatic rings. The summed E-state index contributed by atoms with van der Waals surface area (Å²) in [5.74, 6) is -0.457. The second-order valence-electron chi connectivity index (χ2n) is 7.54. The van der Waals surface area contributed by atoms with E-state index < -0.39 is 5.91 Å². The fourth-order valence-electron chi connectivity index (χ4n) is 3.76. The van der Waals surface area contributed by atoms with Gasteiger partial charge in [-0.3, -0.25) is 19.6 Å². The molecule has 2 heterocycles. The molecule has 2 amide bonds. The maximum atomic E-state index is 13.1. The molecule has 1 unspecified atom stereocenters. The van der Waals surface area contributed by atoms with Crippen LogP contribution in [0.1, 0.15) is 52.0 Å². The van der Waals surface area contributed by atoms with Gasteiger partial charge in [-0.2, -0.15) is 5.10 Å². The number of carbonyl (C=O) groups excluding carboxylic acids is 2. The fourth-order valence-corrected chi connectivity index (χ4v) is 4.02. The summed E-state index contributed by atoms with van der Waals surface area (Å²) in [7, 11) is 0. The van der Waals surface area contributed by atoms with Crippen LogP contribution in [0, 0.1) is 6.92 Å². The van der Waals surface area contributed by atoms with E-state index in [1.807, 2.05) is 49.6 Å². The molecule has 1 atom stereocenters. The number of hydrogen-bond donors (Lipinski definition) is 2. The number of aromatic nitrogens is 4. The number of nitrogens with zero attached hydrogens (tertiary/aromatic N) is 4. The highest BCUT2D eigenvalue weighted by molar-refractivity contribution is 9.10. The highest BCUT2D eigenvalue weighted by atomic mass is 79.9. The Morgan fingerprint density at radius 2 is 1.88 bits per heavy atom. The van der Waals surface area contributed by atoms with Crippen LogP contribution in [-0.4, -0.2) is 31.1 Å². The number of anilines is 1. The lowest BCUT2D eigenvalue weighted by Crippen LogP contribution is -2.21. The van der Waals surface area contributed by atoms with Gasteiger partial charge in [-0.1, -0.05) is 28.1 Å². The molecule has 4 rings (SSSR count). The largest absolute Gasteiger partial charge is 0.366 e. The molecule has 32 heavy (non-hydrogen) atoms. The number of carbonyl (C=O) groups is 2. The molecule has 0 saturated carbocycles. The normalized spacial score (nSPS) is 12.1.